The lowest BCUT2D eigenvalue weighted by atomic mass is 9.85. The molecular formula is C14H22FNO. The van der Waals surface area contributed by atoms with Crippen molar-refractivity contribution in [1.29, 1.82) is 0 Å². The second kappa shape index (κ2) is 6.01. The summed E-state index contributed by atoms with van der Waals surface area (Å²) in [6, 6.07) is 6.45. The molecule has 1 rings (SSSR count). The van der Waals surface area contributed by atoms with Gasteiger partial charge >= 0.3 is 0 Å². The molecule has 2 N–H and O–H groups in total. The van der Waals surface area contributed by atoms with Gasteiger partial charge in [-0.1, -0.05) is 32.9 Å². The van der Waals surface area contributed by atoms with Crippen LogP contribution in [0.4, 0.5) is 4.39 Å². The van der Waals surface area contributed by atoms with Crippen LogP contribution >= 0.6 is 0 Å². The number of halogens is 1. The minimum atomic E-state index is -0.320. The Morgan fingerprint density at radius 1 is 1.29 bits per heavy atom. The van der Waals surface area contributed by atoms with Crippen molar-refractivity contribution in [3.63, 3.8) is 0 Å². The summed E-state index contributed by atoms with van der Waals surface area (Å²) in [5.41, 5.74) is 5.92. The normalized spacial score (nSPS) is 13.5. The molecule has 3 heteroatoms. The van der Waals surface area contributed by atoms with Crippen molar-refractivity contribution in [2.24, 2.45) is 17.1 Å². The van der Waals surface area contributed by atoms with E-state index < -0.39 is 0 Å². The zero-order valence-corrected chi connectivity index (χ0v) is 10.9. The van der Waals surface area contributed by atoms with Gasteiger partial charge in [-0.15, -0.1) is 0 Å². The van der Waals surface area contributed by atoms with E-state index in [0.29, 0.717) is 18.9 Å². The van der Waals surface area contributed by atoms with Crippen molar-refractivity contribution in [3.8, 4) is 5.75 Å². The van der Waals surface area contributed by atoms with E-state index in [-0.39, 0.29) is 17.2 Å². The number of rotatable bonds is 5. The van der Waals surface area contributed by atoms with E-state index in [9.17, 15) is 4.39 Å². The smallest absolute Gasteiger partial charge is 0.165 e. The molecule has 0 aliphatic rings. The third-order valence-electron chi connectivity index (χ3n) is 2.55. The van der Waals surface area contributed by atoms with Crippen molar-refractivity contribution in [2.45, 2.75) is 27.2 Å². The van der Waals surface area contributed by atoms with Gasteiger partial charge in [0.2, 0.25) is 0 Å². The minimum Gasteiger partial charge on any atom is -0.490 e. The zero-order chi connectivity index (χ0) is 12.9. The second-order valence-electron chi connectivity index (χ2n) is 5.61. The molecule has 1 aromatic carbocycles. The summed E-state index contributed by atoms with van der Waals surface area (Å²) in [4.78, 5) is 0. The van der Waals surface area contributed by atoms with Crippen LogP contribution in [-0.2, 0) is 0 Å². The summed E-state index contributed by atoms with van der Waals surface area (Å²) in [6.45, 7) is 7.52. The molecule has 1 aromatic rings. The van der Waals surface area contributed by atoms with Crippen LogP contribution < -0.4 is 10.5 Å². The summed E-state index contributed by atoms with van der Waals surface area (Å²) in [5, 5.41) is 0. The number of hydrogen-bond acceptors (Lipinski definition) is 2. The largest absolute Gasteiger partial charge is 0.490 e. The Bertz CT molecular complexity index is 346. The van der Waals surface area contributed by atoms with Gasteiger partial charge in [-0.2, -0.15) is 0 Å². The van der Waals surface area contributed by atoms with E-state index in [1.165, 1.54) is 6.07 Å². The molecule has 17 heavy (non-hydrogen) atoms. The van der Waals surface area contributed by atoms with E-state index >= 15 is 0 Å². The molecular weight excluding hydrogens is 217 g/mol. The SMILES string of the molecule is CC(C)(C)CC(CN)COc1ccccc1F. The number of ether oxygens (including phenoxy) is 1. The molecule has 0 bridgehead atoms. The van der Waals surface area contributed by atoms with Crippen LogP contribution in [0.15, 0.2) is 24.3 Å². The van der Waals surface area contributed by atoms with E-state index in [2.05, 4.69) is 20.8 Å². The van der Waals surface area contributed by atoms with Crippen LogP contribution in [0.3, 0.4) is 0 Å². The highest BCUT2D eigenvalue weighted by atomic mass is 19.1. The van der Waals surface area contributed by atoms with Crippen molar-refractivity contribution >= 4 is 0 Å². The topological polar surface area (TPSA) is 35.2 Å². The third kappa shape index (κ3) is 5.18. The van der Waals surface area contributed by atoms with Gasteiger partial charge in [-0.05, 0) is 30.5 Å². The maximum Gasteiger partial charge on any atom is 0.165 e. The van der Waals surface area contributed by atoms with Crippen LogP contribution in [0.1, 0.15) is 27.2 Å². The molecule has 2 nitrogen and oxygen atoms in total. The molecule has 96 valence electrons. The molecule has 0 saturated heterocycles. The molecule has 0 aliphatic carbocycles. The highest BCUT2D eigenvalue weighted by Gasteiger charge is 2.18. The summed E-state index contributed by atoms with van der Waals surface area (Å²) in [6.07, 6.45) is 0.970. The summed E-state index contributed by atoms with van der Waals surface area (Å²) in [5.74, 6) is 0.244. The van der Waals surface area contributed by atoms with Crippen molar-refractivity contribution in [3.05, 3.63) is 30.1 Å². The first-order valence-electron chi connectivity index (χ1n) is 6.00. The van der Waals surface area contributed by atoms with Crippen molar-refractivity contribution in [1.82, 2.24) is 0 Å². The number of nitrogens with two attached hydrogens (primary N) is 1. The standard InChI is InChI=1S/C14H22FNO/c1-14(2,3)8-11(9-16)10-17-13-7-5-4-6-12(13)15/h4-7,11H,8-10,16H2,1-3H3. The van der Waals surface area contributed by atoms with Crippen LogP contribution in [0.5, 0.6) is 5.75 Å². The average Bonchev–Trinajstić information content (AvgIpc) is 2.24. The van der Waals surface area contributed by atoms with Crippen molar-refractivity contribution in [2.75, 3.05) is 13.2 Å². The van der Waals surface area contributed by atoms with Gasteiger partial charge in [0, 0.05) is 5.92 Å². The molecule has 0 amide bonds. The van der Waals surface area contributed by atoms with E-state index in [0.717, 1.165) is 6.42 Å². The first kappa shape index (κ1) is 14.0. The van der Waals surface area contributed by atoms with Crippen molar-refractivity contribution < 1.29 is 9.13 Å². The molecule has 0 radical (unpaired) electrons. The number of hydrogen-bond donors (Lipinski definition) is 1. The quantitative estimate of drug-likeness (QED) is 0.856. The fourth-order valence-electron chi connectivity index (χ4n) is 1.85. The second-order valence-corrected chi connectivity index (χ2v) is 5.61. The number of para-hydroxylation sites is 1. The average molecular weight is 239 g/mol. The Morgan fingerprint density at radius 3 is 2.47 bits per heavy atom. The predicted octanol–water partition coefficient (Wildman–Crippen LogP) is 3.22. The van der Waals surface area contributed by atoms with Gasteiger partial charge in [0.25, 0.3) is 0 Å². The minimum absolute atomic E-state index is 0.211. The summed E-state index contributed by atoms with van der Waals surface area (Å²) in [7, 11) is 0. The zero-order valence-electron chi connectivity index (χ0n) is 10.9. The fourth-order valence-corrected chi connectivity index (χ4v) is 1.85. The van der Waals surface area contributed by atoms with Gasteiger partial charge in [0.15, 0.2) is 11.6 Å². The van der Waals surface area contributed by atoms with Crippen LogP contribution in [0, 0.1) is 17.2 Å². The molecule has 1 unspecified atom stereocenters. The first-order valence-corrected chi connectivity index (χ1v) is 6.00. The predicted molar refractivity (Wildman–Crippen MR) is 68.5 cm³/mol. The fraction of sp³-hybridized carbons (Fsp3) is 0.571. The van der Waals surface area contributed by atoms with Gasteiger partial charge < -0.3 is 10.5 Å². The summed E-state index contributed by atoms with van der Waals surface area (Å²) >= 11 is 0. The molecule has 0 saturated carbocycles. The van der Waals surface area contributed by atoms with Crippen LogP contribution in [0.25, 0.3) is 0 Å². The highest BCUT2D eigenvalue weighted by Crippen LogP contribution is 2.25. The van der Waals surface area contributed by atoms with Crippen LogP contribution in [-0.4, -0.2) is 13.2 Å². The van der Waals surface area contributed by atoms with E-state index in [1.807, 2.05) is 0 Å². The van der Waals surface area contributed by atoms with Gasteiger partial charge in [-0.25, -0.2) is 4.39 Å². The van der Waals surface area contributed by atoms with E-state index in [4.69, 9.17) is 10.5 Å². The third-order valence-corrected chi connectivity index (χ3v) is 2.55. The van der Waals surface area contributed by atoms with Gasteiger partial charge in [0.1, 0.15) is 0 Å². The lowest BCUT2D eigenvalue weighted by Gasteiger charge is -2.25. The Morgan fingerprint density at radius 2 is 1.94 bits per heavy atom. The first-order chi connectivity index (χ1) is 7.92. The highest BCUT2D eigenvalue weighted by molar-refractivity contribution is 5.23. The lowest BCUT2D eigenvalue weighted by Crippen LogP contribution is -2.26. The Balaban J connectivity index is 2.51. The molecule has 1 atom stereocenters. The maximum atomic E-state index is 13.3. The van der Waals surface area contributed by atoms with Crippen LogP contribution in [0.2, 0.25) is 0 Å². The van der Waals surface area contributed by atoms with E-state index in [1.54, 1.807) is 18.2 Å². The Kier molecular flexibility index (Phi) is 4.94. The maximum absolute atomic E-state index is 13.3. The number of benzene rings is 1. The van der Waals surface area contributed by atoms with Gasteiger partial charge in [0.05, 0.1) is 6.61 Å². The molecule has 0 aromatic heterocycles. The summed E-state index contributed by atoms with van der Waals surface area (Å²) < 4.78 is 18.8. The lowest BCUT2D eigenvalue weighted by molar-refractivity contribution is 0.194. The Labute approximate surface area is 103 Å². The van der Waals surface area contributed by atoms with Gasteiger partial charge in [-0.3, -0.25) is 0 Å². The molecule has 0 aliphatic heterocycles. The molecule has 0 spiro atoms. The molecule has 0 heterocycles. The monoisotopic (exact) mass is 239 g/mol. The Hall–Kier alpha value is -1.09. The molecule has 0 fully saturated rings.